The number of benzene rings is 1. The van der Waals surface area contributed by atoms with Gasteiger partial charge in [0.25, 0.3) is 0 Å². The lowest BCUT2D eigenvalue weighted by Crippen LogP contribution is -2.06. The summed E-state index contributed by atoms with van der Waals surface area (Å²) in [5.41, 5.74) is 3.18. The number of aromatic nitrogens is 1. The maximum atomic E-state index is 12.1. The van der Waals surface area contributed by atoms with Crippen LogP contribution in [0, 0.1) is 6.92 Å². The minimum atomic E-state index is -0.320. The molecule has 1 aromatic carbocycles. The van der Waals surface area contributed by atoms with Gasteiger partial charge >= 0.3 is 5.97 Å². The number of carbonyl (C=O) groups is 1. The second-order valence-corrected chi connectivity index (χ2v) is 4.79. The van der Waals surface area contributed by atoms with Crippen molar-refractivity contribution in [2.45, 2.75) is 13.8 Å². The van der Waals surface area contributed by atoms with Crippen molar-refractivity contribution in [3.8, 4) is 0 Å². The summed E-state index contributed by atoms with van der Waals surface area (Å²) >= 11 is 3.48. The summed E-state index contributed by atoms with van der Waals surface area (Å²) in [6.07, 6.45) is 1.64. The monoisotopic (exact) mass is 307 g/mol. The molecule has 0 saturated carbocycles. The largest absolute Gasteiger partial charge is 0.462 e. The molecule has 2 aromatic rings. The van der Waals surface area contributed by atoms with Gasteiger partial charge < -0.3 is 9.72 Å². The number of nitrogens with one attached hydrogen (secondary N) is 1. The van der Waals surface area contributed by atoms with Crippen LogP contribution in [0.15, 0.2) is 23.2 Å². The molecule has 0 aliphatic heterocycles. The summed E-state index contributed by atoms with van der Waals surface area (Å²) in [6, 6.07) is 3.89. The van der Waals surface area contributed by atoms with Gasteiger partial charge in [-0.05, 0) is 37.6 Å². The quantitative estimate of drug-likeness (QED) is 0.869. The Balaban J connectivity index is 2.79. The van der Waals surface area contributed by atoms with Gasteiger partial charge in [-0.25, -0.2) is 4.79 Å². The van der Waals surface area contributed by atoms with Crippen molar-refractivity contribution in [2.24, 2.45) is 0 Å². The molecule has 0 radical (unpaired) electrons. The standard InChI is InChI=1S/C14H14BrNO2/c1-4-10-13(14(17)18-5-2)12-8(3)9(15)6-7-11(12)16-10/h4,6-7,16H,1,5H2,2-3H3. The number of hydrogen-bond acceptors (Lipinski definition) is 2. The van der Waals surface area contributed by atoms with Crippen LogP contribution in [0.4, 0.5) is 0 Å². The molecule has 1 aromatic heterocycles. The van der Waals surface area contributed by atoms with Crippen LogP contribution in [0.1, 0.15) is 28.5 Å². The van der Waals surface area contributed by atoms with E-state index in [9.17, 15) is 4.79 Å². The molecular weight excluding hydrogens is 294 g/mol. The van der Waals surface area contributed by atoms with Crippen LogP contribution in [0.3, 0.4) is 0 Å². The van der Waals surface area contributed by atoms with E-state index in [2.05, 4.69) is 27.5 Å². The van der Waals surface area contributed by atoms with Crippen molar-refractivity contribution in [2.75, 3.05) is 6.61 Å². The average Bonchev–Trinajstić information content (AvgIpc) is 2.73. The molecule has 4 heteroatoms. The van der Waals surface area contributed by atoms with Crippen LogP contribution in [0.25, 0.3) is 17.0 Å². The highest BCUT2D eigenvalue weighted by Crippen LogP contribution is 2.31. The van der Waals surface area contributed by atoms with Gasteiger partial charge in [-0.2, -0.15) is 0 Å². The van der Waals surface area contributed by atoms with Crippen LogP contribution in [-0.2, 0) is 4.74 Å². The third kappa shape index (κ3) is 1.97. The molecule has 0 atom stereocenters. The first kappa shape index (κ1) is 12.9. The summed E-state index contributed by atoms with van der Waals surface area (Å²) < 4.78 is 6.08. The summed E-state index contributed by atoms with van der Waals surface area (Å²) in [5, 5.41) is 0.887. The van der Waals surface area contributed by atoms with E-state index in [1.165, 1.54) is 0 Å². The predicted octanol–water partition coefficient (Wildman–Crippen LogP) is 4.06. The summed E-state index contributed by atoms with van der Waals surface area (Å²) in [6.45, 7) is 7.85. The molecule has 0 bridgehead atoms. The van der Waals surface area contributed by atoms with Crippen LogP contribution >= 0.6 is 15.9 Å². The van der Waals surface area contributed by atoms with E-state index < -0.39 is 0 Å². The van der Waals surface area contributed by atoms with Crippen molar-refractivity contribution in [3.05, 3.63) is 40.0 Å². The Bertz CT molecular complexity index is 628. The molecule has 1 N–H and O–H groups in total. The van der Waals surface area contributed by atoms with Gasteiger partial charge in [0.1, 0.15) is 0 Å². The number of fused-ring (bicyclic) bond motifs is 1. The van der Waals surface area contributed by atoms with E-state index in [0.717, 1.165) is 20.9 Å². The molecule has 18 heavy (non-hydrogen) atoms. The van der Waals surface area contributed by atoms with Crippen LogP contribution in [0.2, 0.25) is 0 Å². The zero-order chi connectivity index (χ0) is 13.3. The highest BCUT2D eigenvalue weighted by Gasteiger charge is 2.20. The first-order valence-electron chi connectivity index (χ1n) is 5.70. The SMILES string of the molecule is C=Cc1[nH]c2ccc(Br)c(C)c2c1C(=O)OCC. The first-order valence-corrected chi connectivity index (χ1v) is 6.49. The zero-order valence-corrected chi connectivity index (χ0v) is 11.9. The summed E-state index contributed by atoms with van der Waals surface area (Å²) in [5.74, 6) is -0.320. The number of aromatic amines is 1. The highest BCUT2D eigenvalue weighted by molar-refractivity contribution is 9.10. The van der Waals surface area contributed by atoms with Gasteiger partial charge in [-0.3, -0.25) is 0 Å². The third-order valence-corrected chi connectivity index (χ3v) is 3.73. The van der Waals surface area contributed by atoms with Crippen LogP contribution in [0.5, 0.6) is 0 Å². The van der Waals surface area contributed by atoms with E-state index in [4.69, 9.17) is 4.74 Å². The Morgan fingerprint density at radius 2 is 2.28 bits per heavy atom. The van der Waals surface area contributed by atoms with E-state index in [1.807, 2.05) is 19.1 Å². The molecule has 0 saturated heterocycles. The lowest BCUT2D eigenvalue weighted by molar-refractivity contribution is 0.0528. The fourth-order valence-electron chi connectivity index (χ4n) is 2.02. The van der Waals surface area contributed by atoms with Crippen molar-refractivity contribution < 1.29 is 9.53 Å². The van der Waals surface area contributed by atoms with E-state index in [1.54, 1.807) is 13.0 Å². The Kier molecular flexibility index (Phi) is 3.57. The van der Waals surface area contributed by atoms with Crippen molar-refractivity contribution in [1.82, 2.24) is 4.98 Å². The van der Waals surface area contributed by atoms with Gasteiger partial charge in [0.15, 0.2) is 0 Å². The third-order valence-electron chi connectivity index (χ3n) is 2.87. The predicted molar refractivity (Wildman–Crippen MR) is 76.8 cm³/mol. The molecule has 0 fully saturated rings. The highest BCUT2D eigenvalue weighted by atomic mass is 79.9. The molecule has 0 unspecified atom stereocenters. The Hall–Kier alpha value is -1.55. The Morgan fingerprint density at radius 1 is 1.56 bits per heavy atom. The number of esters is 1. The summed E-state index contributed by atoms with van der Waals surface area (Å²) in [4.78, 5) is 15.2. The first-order chi connectivity index (χ1) is 8.60. The van der Waals surface area contributed by atoms with E-state index in [0.29, 0.717) is 17.9 Å². The van der Waals surface area contributed by atoms with E-state index >= 15 is 0 Å². The number of ether oxygens (including phenoxy) is 1. The number of H-pyrrole nitrogens is 1. The lowest BCUT2D eigenvalue weighted by Gasteiger charge is -2.04. The maximum Gasteiger partial charge on any atom is 0.340 e. The molecule has 2 rings (SSSR count). The minimum absolute atomic E-state index is 0.320. The van der Waals surface area contributed by atoms with Crippen molar-refractivity contribution in [1.29, 1.82) is 0 Å². The molecular formula is C14H14BrNO2. The number of halogens is 1. The normalized spacial score (nSPS) is 10.6. The topological polar surface area (TPSA) is 42.1 Å². The number of aryl methyl sites for hydroxylation is 1. The van der Waals surface area contributed by atoms with Crippen LogP contribution < -0.4 is 0 Å². The number of carbonyl (C=O) groups excluding carboxylic acids is 1. The van der Waals surface area contributed by atoms with Crippen molar-refractivity contribution in [3.63, 3.8) is 0 Å². The second-order valence-electron chi connectivity index (χ2n) is 3.93. The van der Waals surface area contributed by atoms with Gasteiger partial charge in [-0.15, -0.1) is 0 Å². The second kappa shape index (κ2) is 4.98. The molecule has 0 amide bonds. The molecule has 0 aliphatic rings. The molecule has 3 nitrogen and oxygen atoms in total. The Labute approximate surface area is 114 Å². The summed E-state index contributed by atoms with van der Waals surface area (Å²) in [7, 11) is 0. The Morgan fingerprint density at radius 3 is 2.89 bits per heavy atom. The van der Waals surface area contributed by atoms with Gasteiger partial charge in [0.2, 0.25) is 0 Å². The van der Waals surface area contributed by atoms with Crippen LogP contribution in [-0.4, -0.2) is 17.6 Å². The average molecular weight is 308 g/mol. The van der Waals surface area contributed by atoms with Gasteiger partial charge in [-0.1, -0.05) is 22.5 Å². The van der Waals surface area contributed by atoms with Crippen molar-refractivity contribution >= 4 is 38.9 Å². The molecule has 0 aliphatic carbocycles. The molecule has 0 spiro atoms. The fourth-order valence-corrected chi connectivity index (χ4v) is 2.35. The molecule has 94 valence electrons. The smallest absolute Gasteiger partial charge is 0.340 e. The zero-order valence-electron chi connectivity index (χ0n) is 10.3. The minimum Gasteiger partial charge on any atom is -0.462 e. The maximum absolute atomic E-state index is 12.1. The fraction of sp³-hybridized carbons (Fsp3) is 0.214. The number of rotatable bonds is 3. The number of hydrogen-bond donors (Lipinski definition) is 1. The molecule has 1 heterocycles. The lowest BCUT2D eigenvalue weighted by atomic mass is 10.1. The van der Waals surface area contributed by atoms with Gasteiger partial charge in [0.05, 0.1) is 17.9 Å². The van der Waals surface area contributed by atoms with Gasteiger partial charge in [0, 0.05) is 15.4 Å². The van der Waals surface area contributed by atoms with E-state index in [-0.39, 0.29) is 5.97 Å².